The van der Waals surface area contributed by atoms with Crippen molar-refractivity contribution in [1.29, 1.82) is 0 Å². The van der Waals surface area contributed by atoms with Crippen LogP contribution in [0.15, 0.2) is 91.0 Å². The van der Waals surface area contributed by atoms with Crippen LogP contribution in [0, 0.1) is 0 Å². The molecule has 3 aromatic rings. The van der Waals surface area contributed by atoms with Gasteiger partial charge in [-0.1, -0.05) is 54.6 Å². The van der Waals surface area contributed by atoms with E-state index in [9.17, 15) is 4.79 Å². The first-order valence-electron chi connectivity index (χ1n) is 10.2. The van der Waals surface area contributed by atoms with Gasteiger partial charge in [-0.25, -0.2) is 0 Å². The standard InChI is InChI=1S/C25H28N2OP.ClH/c1-26-17-19-27(20-18-26)25(28)21-29(22-11-5-2-6-12-22,23-13-7-3-8-14-23)24-15-9-4-10-16-24;/h2-16H,17-21H2,1H3;1H/q+1;/p-1. The number of carbonyl (C=O) groups is 1. The molecule has 4 rings (SSSR count). The Hall–Kier alpha value is -2.19. The number of hydrogen-bond acceptors (Lipinski definition) is 2. The molecule has 0 unspecified atom stereocenters. The highest BCUT2D eigenvalue weighted by molar-refractivity contribution is 7.96. The van der Waals surface area contributed by atoms with Crippen molar-refractivity contribution < 1.29 is 17.2 Å². The van der Waals surface area contributed by atoms with Crippen molar-refractivity contribution in [3.8, 4) is 0 Å². The zero-order chi connectivity index (χ0) is 20.1. The molecule has 1 heterocycles. The van der Waals surface area contributed by atoms with E-state index in [4.69, 9.17) is 0 Å². The second-order valence-corrected chi connectivity index (χ2v) is 11.1. The van der Waals surface area contributed by atoms with Crippen LogP contribution >= 0.6 is 7.26 Å². The molecule has 0 aliphatic carbocycles. The van der Waals surface area contributed by atoms with E-state index in [2.05, 4.69) is 108 Å². The summed E-state index contributed by atoms with van der Waals surface area (Å²) in [5.74, 6) is 0.267. The minimum absolute atomic E-state index is 0. The Morgan fingerprint density at radius 3 is 1.43 bits per heavy atom. The minimum atomic E-state index is -2.10. The maximum atomic E-state index is 13.6. The lowest BCUT2D eigenvalue weighted by molar-refractivity contribution is -0.129. The molecule has 0 bridgehead atoms. The molecule has 3 aromatic carbocycles. The average molecular weight is 439 g/mol. The first-order chi connectivity index (χ1) is 14.2. The molecule has 0 atom stereocenters. The summed E-state index contributed by atoms with van der Waals surface area (Å²) >= 11 is 0. The van der Waals surface area contributed by atoms with Crippen molar-refractivity contribution >= 4 is 29.1 Å². The van der Waals surface area contributed by atoms with Gasteiger partial charge >= 0.3 is 0 Å². The summed E-state index contributed by atoms with van der Waals surface area (Å²) in [4.78, 5) is 17.9. The Balaban J connectivity index is 0.00000256. The minimum Gasteiger partial charge on any atom is -1.00 e. The van der Waals surface area contributed by atoms with E-state index in [1.807, 2.05) is 0 Å². The van der Waals surface area contributed by atoms with Crippen LogP contribution in [-0.4, -0.2) is 55.1 Å². The summed E-state index contributed by atoms with van der Waals surface area (Å²) in [6.07, 6.45) is 0.536. The second-order valence-electron chi connectivity index (χ2n) is 7.66. The van der Waals surface area contributed by atoms with Gasteiger partial charge in [0.05, 0.1) is 0 Å². The van der Waals surface area contributed by atoms with Gasteiger partial charge in [-0.05, 0) is 43.4 Å². The fraction of sp³-hybridized carbons (Fsp3) is 0.240. The van der Waals surface area contributed by atoms with Crippen LogP contribution in [0.2, 0.25) is 0 Å². The number of nitrogens with zero attached hydrogens (tertiary/aromatic N) is 2. The smallest absolute Gasteiger partial charge is 0.261 e. The van der Waals surface area contributed by atoms with Gasteiger partial charge in [-0.2, -0.15) is 0 Å². The Morgan fingerprint density at radius 1 is 0.700 bits per heavy atom. The Kier molecular flexibility index (Phi) is 7.66. The maximum absolute atomic E-state index is 13.6. The summed E-state index contributed by atoms with van der Waals surface area (Å²) in [7, 11) is 0.0259. The first kappa shape index (κ1) is 22.5. The Labute approximate surface area is 186 Å². The van der Waals surface area contributed by atoms with Crippen LogP contribution in [0.5, 0.6) is 0 Å². The number of carbonyl (C=O) groups excluding carboxylic acids is 1. The van der Waals surface area contributed by atoms with E-state index in [0.717, 1.165) is 26.2 Å². The van der Waals surface area contributed by atoms with Crippen LogP contribution in [0.3, 0.4) is 0 Å². The van der Waals surface area contributed by atoms with Crippen LogP contribution < -0.4 is 28.3 Å². The van der Waals surface area contributed by atoms with E-state index < -0.39 is 7.26 Å². The molecule has 0 spiro atoms. The number of benzene rings is 3. The topological polar surface area (TPSA) is 23.6 Å². The fourth-order valence-corrected chi connectivity index (χ4v) is 8.22. The normalized spacial score (nSPS) is 14.8. The van der Waals surface area contributed by atoms with E-state index in [1.165, 1.54) is 15.9 Å². The SMILES string of the molecule is CN1CCN(C(=O)C[P+](c2ccccc2)(c2ccccc2)c2ccccc2)CC1.[Cl-]. The molecule has 156 valence electrons. The number of amides is 1. The van der Waals surface area contributed by atoms with Crippen LogP contribution in [0.25, 0.3) is 0 Å². The highest BCUT2D eigenvalue weighted by Gasteiger charge is 2.48. The third kappa shape index (κ3) is 4.59. The van der Waals surface area contributed by atoms with Gasteiger partial charge in [0.25, 0.3) is 5.91 Å². The van der Waals surface area contributed by atoms with E-state index >= 15 is 0 Å². The van der Waals surface area contributed by atoms with Crippen molar-refractivity contribution in [3.05, 3.63) is 91.0 Å². The summed E-state index contributed by atoms with van der Waals surface area (Å²) in [5, 5.41) is 3.79. The van der Waals surface area contributed by atoms with Crippen molar-refractivity contribution in [1.82, 2.24) is 9.80 Å². The molecule has 1 fully saturated rings. The number of hydrogen-bond donors (Lipinski definition) is 0. The molecule has 1 saturated heterocycles. The highest BCUT2D eigenvalue weighted by atomic mass is 35.5. The molecular weight excluding hydrogens is 411 g/mol. The lowest BCUT2D eigenvalue weighted by Crippen LogP contribution is -3.00. The monoisotopic (exact) mass is 438 g/mol. The van der Waals surface area contributed by atoms with E-state index in [-0.39, 0.29) is 18.3 Å². The van der Waals surface area contributed by atoms with Gasteiger partial charge in [0.15, 0.2) is 6.16 Å². The van der Waals surface area contributed by atoms with Crippen molar-refractivity contribution in [2.24, 2.45) is 0 Å². The van der Waals surface area contributed by atoms with Crippen molar-refractivity contribution in [3.63, 3.8) is 0 Å². The largest absolute Gasteiger partial charge is 1.00 e. The average Bonchev–Trinajstić information content (AvgIpc) is 2.79. The summed E-state index contributed by atoms with van der Waals surface area (Å²) in [6.45, 7) is 3.51. The van der Waals surface area contributed by atoms with Gasteiger partial charge in [0.1, 0.15) is 23.2 Å². The quantitative estimate of drug-likeness (QED) is 0.513. The molecule has 0 N–H and O–H groups in total. The van der Waals surface area contributed by atoms with Gasteiger partial charge in [-0.3, -0.25) is 4.79 Å². The molecule has 0 saturated carbocycles. The first-order valence-corrected chi connectivity index (χ1v) is 12.2. The number of rotatable bonds is 5. The van der Waals surface area contributed by atoms with Gasteiger partial charge in [-0.15, -0.1) is 0 Å². The number of halogens is 1. The van der Waals surface area contributed by atoms with Gasteiger partial charge in [0, 0.05) is 26.2 Å². The molecule has 3 nitrogen and oxygen atoms in total. The van der Waals surface area contributed by atoms with Crippen LogP contribution in [0.4, 0.5) is 0 Å². The second kappa shape index (κ2) is 10.2. The maximum Gasteiger partial charge on any atom is 0.261 e. The molecular formula is C25H28ClN2OP. The molecule has 1 aliphatic rings. The van der Waals surface area contributed by atoms with Crippen molar-refractivity contribution in [2.75, 3.05) is 39.4 Å². The zero-order valence-corrected chi connectivity index (χ0v) is 19.0. The molecule has 30 heavy (non-hydrogen) atoms. The number of piperazine rings is 1. The predicted octanol–water partition coefficient (Wildman–Crippen LogP) is -0.241. The van der Waals surface area contributed by atoms with E-state index in [0.29, 0.717) is 6.16 Å². The van der Waals surface area contributed by atoms with Gasteiger partial charge in [0.2, 0.25) is 0 Å². The van der Waals surface area contributed by atoms with Crippen molar-refractivity contribution in [2.45, 2.75) is 0 Å². The predicted molar refractivity (Wildman–Crippen MR) is 124 cm³/mol. The van der Waals surface area contributed by atoms with E-state index in [1.54, 1.807) is 0 Å². The molecule has 1 amide bonds. The molecule has 0 radical (unpaired) electrons. The summed E-state index contributed by atoms with van der Waals surface area (Å²) < 4.78 is 0. The molecule has 1 aliphatic heterocycles. The highest BCUT2D eigenvalue weighted by Crippen LogP contribution is 2.55. The summed E-state index contributed by atoms with van der Waals surface area (Å²) in [5.41, 5.74) is 0. The van der Waals surface area contributed by atoms with Crippen LogP contribution in [-0.2, 0) is 4.79 Å². The third-order valence-electron chi connectivity index (χ3n) is 5.82. The van der Waals surface area contributed by atoms with Gasteiger partial charge < -0.3 is 22.2 Å². The Bertz CT molecular complexity index is 832. The lowest BCUT2D eigenvalue weighted by Gasteiger charge is -2.34. The Morgan fingerprint density at radius 2 is 1.07 bits per heavy atom. The van der Waals surface area contributed by atoms with Crippen LogP contribution in [0.1, 0.15) is 0 Å². The number of likely N-dealkylation sites (N-methyl/N-ethyl adjacent to an activating group) is 1. The summed E-state index contributed by atoms with van der Waals surface area (Å²) in [6, 6.07) is 31.9. The lowest BCUT2D eigenvalue weighted by atomic mass is 10.3. The molecule has 5 heteroatoms. The fourth-order valence-electron chi connectivity index (χ4n) is 4.13. The third-order valence-corrected chi connectivity index (χ3v) is 10.1. The zero-order valence-electron chi connectivity index (χ0n) is 17.3. The molecule has 0 aromatic heterocycles.